The van der Waals surface area contributed by atoms with Crippen LogP contribution < -0.4 is 9.64 Å². The Bertz CT molecular complexity index is 1920. The van der Waals surface area contributed by atoms with Gasteiger partial charge in [0.05, 0.1) is 22.4 Å². The molecule has 1 aliphatic heterocycles. The van der Waals surface area contributed by atoms with Crippen molar-refractivity contribution in [1.29, 1.82) is 0 Å². The van der Waals surface area contributed by atoms with Gasteiger partial charge < -0.3 is 9.47 Å². The molecule has 0 saturated carbocycles. The van der Waals surface area contributed by atoms with Crippen LogP contribution in [0.15, 0.2) is 131 Å². The quantitative estimate of drug-likeness (QED) is 0.0882. The molecule has 0 fully saturated rings. The van der Waals surface area contributed by atoms with E-state index in [-0.39, 0.29) is 22.5 Å². The molecule has 0 aliphatic carbocycles. The van der Waals surface area contributed by atoms with Gasteiger partial charge >= 0.3 is 5.97 Å². The summed E-state index contributed by atoms with van der Waals surface area (Å²) in [7, 11) is 0. The van der Waals surface area contributed by atoms with Crippen molar-refractivity contribution in [2.75, 3.05) is 4.90 Å². The first kappa shape index (κ1) is 30.6. The molecule has 5 aromatic rings. The van der Waals surface area contributed by atoms with Crippen molar-refractivity contribution >= 4 is 41.0 Å². The molecular weight excluding hydrogens is 598 g/mol. The maximum Gasteiger partial charge on any atom is 0.338 e. The molecule has 0 bridgehead atoms. The van der Waals surface area contributed by atoms with Crippen LogP contribution in [0.2, 0.25) is 0 Å². The number of ether oxygens (including phenoxy) is 2. The fourth-order valence-electron chi connectivity index (χ4n) is 4.98. The summed E-state index contributed by atoms with van der Waals surface area (Å²) in [6.07, 6.45) is -1.08. The number of fused-ring (bicyclic) bond motifs is 1. The van der Waals surface area contributed by atoms with Crippen LogP contribution in [-0.4, -0.2) is 29.7 Å². The number of esters is 1. The second-order valence-electron chi connectivity index (χ2n) is 10.8. The third-order valence-electron chi connectivity index (χ3n) is 7.51. The minimum atomic E-state index is -1.08. The lowest BCUT2D eigenvalue weighted by Gasteiger charge is -2.14. The molecule has 1 aliphatic rings. The van der Waals surface area contributed by atoms with Crippen LogP contribution >= 0.6 is 11.8 Å². The number of hydrogen-bond acceptors (Lipinski definition) is 7. The number of nitrogens with zero attached hydrogens (tertiary/aromatic N) is 1. The first-order chi connectivity index (χ1) is 22.3. The maximum atomic E-state index is 13.3. The maximum absolute atomic E-state index is 13.3. The number of carbonyl (C=O) groups excluding carboxylic acids is 4. The highest BCUT2D eigenvalue weighted by Gasteiger charge is 2.37. The van der Waals surface area contributed by atoms with Gasteiger partial charge in [0, 0.05) is 15.4 Å². The number of rotatable bonds is 10. The van der Waals surface area contributed by atoms with E-state index in [2.05, 4.69) is 0 Å². The molecule has 8 heteroatoms. The van der Waals surface area contributed by atoms with E-state index in [1.807, 2.05) is 73.7 Å². The summed E-state index contributed by atoms with van der Waals surface area (Å²) < 4.78 is 11.2. The van der Waals surface area contributed by atoms with Gasteiger partial charge in [-0.25, -0.2) is 9.69 Å². The average molecular weight is 628 g/mol. The van der Waals surface area contributed by atoms with Crippen LogP contribution in [0.1, 0.15) is 59.5 Å². The lowest BCUT2D eigenvalue weighted by atomic mass is 10.1. The Hall–Kier alpha value is -5.47. The van der Waals surface area contributed by atoms with Gasteiger partial charge in [-0.1, -0.05) is 59.8 Å². The van der Waals surface area contributed by atoms with Crippen molar-refractivity contribution in [3.05, 3.63) is 155 Å². The number of Topliss-reactive ketones (excluding diaryl/α,β-unsaturated/α-hetero) is 1. The van der Waals surface area contributed by atoms with Crippen LogP contribution in [0.25, 0.3) is 0 Å². The van der Waals surface area contributed by atoms with Crippen LogP contribution in [-0.2, 0) is 11.3 Å². The van der Waals surface area contributed by atoms with E-state index in [4.69, 9.17) is 9.47 Å². The fourth-order valence-corrected chi connectivity index (χ4v) is 5.80. The number of aryl methyl sites for hydroxylation is 1. The van der Waals surface area contributed by atoms with E-state index < -0.39 is 23.9 Å². The molecule has 0 spiro atoms. The zero-order chi connectivity index (χ0) is 32.2. The molecule has 228 valence electrons. The van der Waals surface area contributed by atoms with Gasteiger partial charge in [-0.05, 0) is 98.3 Å². The van der Waals surface area contributed by atoms with Crippen molar-refractivity contribution in [2.45, 2.75) is 36.3 Å². The lowest BCUT2D eigenvalue weighted by Crippen LogP contribution is -2.29. The van der Waals surface area contributed by atoms with E-state index in [1.54, 1.807) is 48.2 Å². The van der Waals surface area contributed by atoms with E-state index in [9.17, 15) is 19.2 Å². The molecule has 0 N–H and O–H groups in total. The third-order valence-corrected chi connectivity index (χ3v) is 8.53. The van der Waals surface area contributed by atoms with Crippen LogP contribution in [0.3, 0.4) is 0 Å². The summed E-state index contributed by atoms with van der Waals surface area (Å²) in [5.74, 6) is -1.56. The Morgan fingerprint density at radius 3 is 2.00 bits per heavy atom. The molecule has 0 saturated heterocycles. The second-order valence-corrected chi connectivity index (χ2v) is 12.0. The zero-order valence-electron chi connectivity index (χ0n) is 25.1. The molecule has 0 aromatic heterocycles. The summed E-state index contributed by atoms with van der Waals surface area (Å²) in [5, 5.41) is 0. The molecule has 1 heterocycles. The highest BCUT2D eigenvalue weighted by atomic mass is 32.2. The Labute approximate surface area is 270 Å². The smallest absolute Gasteiger partial charge is 0.338 e. The molecule has 46 heavy (non-hydrogen) atoms. The summed E-state index contributed by atoms with van der Waals surface area (Å²) in [5.41, 5.74) is 3.35. The SMILES string of the molecule is Cc1ccc(Sc2ccc(N3C(=O)c4ccc(C(=O)OC(C)C(=O)c5ccc(OCc6ccccc6)cc5)cc4C3=O)cc2)cc1. The number of ketones is 1. The number of amides is 2. The number of carbonyl (C=O) groups is 4. The normalized spacial score (nSPS) is 12.9. The molecule has 0 radical (unpaired) electrons. The standard InChI is InChI=1S/C38H29NO6S/c1-24-8-17-31(18-9-24)46-32-19-13-29(14-20-32)39-36(41)33-21-12-28(22-34(33)37(39)42)38(43)45-25(2)35(40)27-10-15-30(16-11-27)44-23-26-6-4-3-5-7-26/h3-22,25H,23H2,1-2H3. The van der Waals surface area contributed by atoms with Crippen LogP contribution in [0, 0.1) is 6.92 Å². The van der Waals surface area contributed by atoms with Gasteiger partial charge in [0.2, 0.25) is 5.78 Å². The molecule has 2 amide bonds. The van der Waals surface area contributed by atoms with Crippen LogP contribution in [0.5, 0.6) is 5.75 Å². The second kappa shape index (κ2) is 13.3. The molecule has 7 nitrogen and oxygen atoms in total. The highest BCUT2D eigenvalue weighted by molar-refractivity contribution is 7.99. The largest absolute Gasteiger partial charge is 0.489 e. The van der Waals surface area contributed by atoms with Gasteiger partial charge in [0.1, 0.15) is 12.4 Å². The van der Waals surface area contributed by atoms with Gasteiger partial charge in [0.15, 0.2) is 6.10 Å². The molecule has 5 aromatic carbocycles. The van der Waals surface area contributed by atoms with E-state index in [1.165, 1.54) is 30.7 Å². The lowest BCUT2D eigenvalue weighted by molar-refractivity contribution is 0.0318. The van der Waals surface area contributed by atoms with Gasteiger partial charge in [0.25, 0.3) is 11.8 Å². The Morgan fingerprint density at radius 1 is 0.717 bits per heavy atom. The van der Waals surface area contributed by atoms with Crippen molar-refractivity contribution in [2.24, 2.45) is 0 Å². The van der Waals surface area contributed by atoms with Gasteiger partial charge in [-0.3, -0.25) is 14.4 Å². The fraction of sp³-hybridized carbons (Fsp3) is 0.105. The minimum Gasteiger partial charge on any atom is -0.489 e. The number of imide groups is 1. The Kier molecular flexibility index (Phi) is 8.81. The summed E-state index contributed by atoms with van der Waals surface area (Å²) in [6, 6.07) is 35.9. The first-order valence-corrected chi connectivity index (χ1v) is 15.5. The molecule has 6 rings (SSSR count). The number of hydrogen-bond donors (Lipinski definition) is 0. The van der Waals surface area contributed by atoms with E-state index >= 15 is 0 Å². The van der Waals surface area contributed by atoms with Crippen molar-refractivity contribution in [3.8, 4) is 5.75 Å². The monoisotopic (exact) mass is 627 g/mol. The Balaban J connectivity index is 1.08. The average Bonchev–Trinajstić information content (AvgIpc) is 3.34. The molecular formula is C38H29NO6S. The van der Waals surface area contributed by atoms with Gasteiger partial charge in [-0.2, -0.15) is 0 Å². The predicted octanol–water partition coefficient (Wildman–Crippen LogP) is 7.95. The van der Waals surface area contributed by atoms with Crippen molar-refractivity contribution in [1.82, 2.24) is 0 Å². The number of benzene rings is 5. The highest BCUT2D eigenvalue weighted by Crippen LogP contribution is 2.33. The van der Waals surface area contributed by atoms with E-state index in [0.29, 0.717) is 23.6 Å². The van der Waals surface area contributed by atoms with Crippen molar-refractivity contribution in [3.63, 3.8) is 0 Å². The van der Waals surface area contributed by atoms with Gasteiger partial charge in [-0.15, -0.1) is 0 Å². The van der Waals surface area contributed by atoms with Crippen molar-refractivity contribution < 1.29 is 28.7 Å². The summed E-state index contributed by atoms with van der Waals surface area (Å²) >= 11 is 1.58. The topological polar surface area (TPSA) is 90.0 Å². The minimum absolute atomic E-state index is 0.0657. The number of anilines is 1. The van der Waals surface area contributed by atoms with Crippen LogP contribution in [0.4, 0.5) is 5.69 Å². The summed E-state index contributed by atoms with van der Waals surface area (Å²) in [6.45, 7) is 3.92. The molecule has 1 atom stereocenters. The Morgan fingerprint density at radius 2 is 1.33 bits per heavy atom. The summed E-state index contributed by atoms with van der Waals surface area (Å²) in [4.78, 5) is 55.7. The molecule has 1 unspecified atom stereocenters. The first-order valence-electron chi connectivity index (χ1n) is 14.7. The van der Waals surface area contributed by atoms with E-state index in [0.717, 1.165) is 20.3 Å². The predicted molar refractivity (Wildman–Crippen MR) is 176 cm³/mol. The third kappa shape index (κ3) is 6.62. The zero-order valence-corrected chi connectivity index (χ0v) is 26.0.